The minimum atomic E-state index is -0.493. The molecule has 0 N–H and O–H groups in total. The van der Waals surface area contributed by atoms with E-state index in [0.717, 1.165) is 5.56 Å². The fraction of sp³-hybridized carbons (Fsp3) is 0.333. The van der Waals surface area contributed by atoms with E-state index < -0.39 is 10.8 Å². The van der Waals surface area contributed by atoms with Gasteiger partial charge in [-0.1, -0.05) is 38.1 Å². The van der Waals surface area contributed by atoms with Crippen LogP contribution in [-0.4, -0.2) is 23.7 Å². The van der Waals surface area contributed by atoms with Crippen molar-refractivity contribution in [3.8, 4) is 5.75 Å². The van der Waals surface area contributed by atoms with Crippen LogP contribution in [0.3, 0.4) is 0 Å². The molecule has 1 aliphatic heterocycles. The number of rotatable bonds is 4. The van der Waals surface area contributed by atoms with Crippen LogP contribution in [0.25, 0.3) is 0 Å². The second kappa shape index (κ2) is 7.65. The first kappa shape index (κ1) is 20.8. The van der Waals surface area contributed by atoms with Crippen LogP contribution in [0.15, 0.2) is 59.8 Å². The minimum absolute atomic E-state index is 0.0184. The molecule has 7 heteroatoms. The monoisotopic (exact) mass is 420 g/mol. The molecule has 0 saturated carbocycles. The number of carbonyl (C=O) groups is 2. The highest BCUT2D eigenvalue weighted by Crippen LogP contribution is 2.49. The minimum Gasteiger partial charge on any atom is -0.497 e. The SMILES string of the molecule is COc1cccc(C2CC(=O)N(c3ccccc3[N+](=O)[O-])C3=C2C(=O)CC(C)(C)C3)c1. The summed E-state index contributed by atoms with van der Waals surface area (Å²) >= 11 is 0. The van der Waals surface area contributed by atoms with Gasteiger partial charge < -0.3 is 4.74 Å². The molecule has 0 radical (unpaired) electrons. The molecule has 1 aliphatic carbocycles. The van der Waals surface area contributed by atoms with Crippen molar-refractivity contribution < 1.29 is 19.2 Å². The molecule has 2 aliphatic rings. The average Bonchev–Trinajstić information content (AvgIpc) is 2.72. The predicted molar refractivity (Wildman–Crippen MR) is 116 cm³/mol. The van der Waals surface area contributed by atoms with E-state index in [4.69, 9.17) is 4.74 Å². The Kier molecular flexibility index (Phi) is 5.13. The number of hydrogen-bond donors (Lipinski definition) is 0. The smallest absolute Gasteiger partial charge is 0.293 e. The lowest BCUT2D eigenvalue weighted by molar-refractivity contribution is -0.384. The second-order valence-electron chi connectivity index (χ2n) is 8.81. The standard InChI is InChI=1S/C24H24N2O5/c1-24(2)13-20-23(21(27)14-24)17(15-7-6-8-16(11-15)31-3)12-22(28)25(20)18-9-4-5-10-19(18)26(29)30/h4-11,17H,12-14H2,1-3H3. The van der Waals surface area contributed by atoms with Gasteiger partial charge in [-0.05, 0) is 35.6 Å². The predicted octanol–water partition coefficient (Wildman–Crippen LogP) is 4.77. The molecule has 1 atom stereocenters. The summed E-state index contributed by atoms with van der Waals surface area (Å²) in [6.45, 7) is 3.96. The van der Waals surface area contributed by atoms with Gasteiger partial charge >= 0.3 is 0 Å². The van der Waals surface area contributed by atoms with E-state index in [-0.39, 0.29) is 34.9 Å². The molecule has 1 amide bonds. The highest BCUT2D eigenvalue weighted by molar-refractivity contribution is 6.08. The number of para-hydroxylation sites is 2. The summed E-state index contributed by atoms with van der Waals surface area (Å²) in [6.07, 6.45) is 0.905. The van der Waals surface area contributed by atoms with Crippen molar-refractivity contribution in [1.29, 1.82) is 0 Å². The molecule has 2 aromatic rings. The first-order chi connectivity index (χ1) is 14.7. The van der Waals surface area contributed by atoms with E-state index >= 15 is 0 Å². The van der Waals surface area contributed by atoms with Gasteiger partial charge in [0.2, 0.25) is 5.91 Å². The third-order valence-corrected chi connectivity index (χ3v) is 5.96. The summed E-state index contributed by atoms with van der Waals surface area (Å²) in [7, 11) is 1.57. The number of hydrogen-bond acceptors (Lipinski definition) is 5. The fourth-order valence-electron chi connectivity index (χ4n) is 4.65. The molecule has 0 bridgehead atoms. The van der Waals surface area contributed by atoms with Gasteiger partial charge in [0.15, 0.2) is 5.78 Å². The number of nitro groups is 1. The molecule has 0 saturated heterocycles. The van der Waals surface area contributed by atoms with Gasteiger partial charge in [0.1, 0.15) is 11.4 Å². The van der Waals surface area contributed by atoms with Gasteiger partial charge in [-0.25, -0.2) is 0 Å². The van der Waals surface area contributed by atoms with Gasteiger partial charge in [0.05, 0.1) is 12.0 Å². The maximum Gasteiger partial charge on any atom is 0.293 e. The molecular formula is C24H24N2O5. The summed E-state index contributed by atoms with van der Waals surface area (Å²) in [5.74, 6) is -0.0291. The van der Waals surface area contributed by atoms with Crippen LogP contribution < -0.4 is 9.64 Å². The topological polar surface area (TPSA) is 89.8 Å². The number of nitrogens with zero attached hydrogens (tertiary/aromatic N) is 2. The number of ketones is 1. The number of carbonyl (C=O) groups excluding carboxylic acids is 2. The van der Waals surface area contributed by atoms with E-state index in [2.05, 4.69) is 0 Å². The Morgan fingerprint density at radius 2 is 1.84 bits per heavy atom. The quantitative estimate of drug-likeness (QED) is 0.525. The summed E-state index contributed by atoms with van der Waals surface area (Å²) < 4.78 is 5.33. The summed E-state index contributed by atoms with van der Waals surface area (Å²) in [5.41, 5.74) is 1.67. The number of benzene rings is 2. The van der Waals surface area contributed by atoms with Crippen molar-refractivity contribution in [2.75, 3.05) is 12.0 Å². The van der Waals surface area contributed by atoms with E-state index in [9.17, 15) is 19.7 Å². The first-order valence-corrected chi connectivity index (χ1v) is 10.2. The van der Waals surface area contributed by atoms with Gasteiger partial charge in [-0.2, -0.15) is 0 Å². The van der Waals surface area contributed by atoms with Gasteiger partial charge in [-0.3, -0.25) is 24.6 Å². The zero-order valence-electron chi connectivity index (χ0n) is 17.8. The lowest BCUT2D eigenvalue weighted by Gasteiger charge is -2.42. The highest BCUT2D eigenvalue weighted by atomic mass is 16.6. The lowest BCUT2D eigenvalue weighted by atomic mass is 9.69. The van der Waals surface area contributed by atoms with Gasteiger partial charge in [0, 0.05) is 36.1 Å². The van der Waals surface area contributed by atoms with Gasteiger partial charge in [-0.15, -0.1) is 0 Å². The molecule has 1 unspecified atom stereocenters. The molecular weight excluding hydrogens is 396 g/mol. The second-order valence-corrected chi connectivity index (χ2v) is 8.81. The molecule has 2 aromatic carbocycles. The lowest BCUT2D eigenvalue weighted by Crippen LogP contribution is -2.44. The van der Waals surface area contributed by atoms with Crippen LogP contribution in [0, 0.1) is 15.5 Å². The third-order valence-electron chi connectivity index (χ3n) is 5.96. The third kappa shape index (κ3) is 3.71. The Bertz CT molecular complexity index is 1120. The Morgan fingerprint density at radius 3 is 2.55 bits per heavy atom. The van der Waals surface area contributed by atoms with Crippen LogP contribution in [-0.2, 0) is 9.59 Å². The van der Waals surface area contributed by atoms with Crippen molar-refractivity contribution in [2.45, 2.75) is 39.0 Å². The fourth-order valence-corrected chi connectivity index (χ4v) is 4.65. The molecule has 0 aromatic heterocycles. The summed E-state index contributed by atoms with van der Waals surface area (Å²) in [4.78, 5) is 39.3. The maximum atomic E-state index is 13.4. The number of Topliss-reactive ketones (excluding diaryl/α,β-unsaturated/α-hetero) is 1. The van der Waals surface area contributed by atoms with Crippen molar-refractivity contribution in [3.05, 3.63) is 75.5 Å². The van der Waals surface area contributed by atoms with Crippen molar-refractivity contribution in [2.24, 2.45) is 5.41 Å². The Hall–Kier alpha value is -3.48. The van der Waals surface area contributed by atoms with Crippen LogP contribution in [0.5, 0.6) is 5.75 Å². The molecule has 4 rings (SSSR count). The maximum absolute atomic E-state index is 13.4. The molecule has 31 heavy (non-hydrogen) atoms. The Morgan fingerprint density at radius 1 is 1.10 bits per heavy atom. The number of nitro benzene ring substituents is 1. The van der Waals surface area contributed by atoms with Crippen LogP contribution in [0.1, 0.15) is 44.6 Å². The highest BCUT2D eigenvalue weighted by Gasteiger charge is 2.45. The number of anilines is 1. The first-order valence-electron chi connectivity index (χ1n) is 10.2. The van der Waals surface area contributed by atoms with Crippen LogP contribution in [0.4, 0.5) is 11.4 Å². The molecule has 7 nitrogen and oxygen atoms in total. The van der Waals surface area contributed by atoms with Crippen molar-refractivity contribution in [1.82, 2.24) is 0 Å². The van der Waals surface area contributed by atoms with E-state index in [1.807, 2.05) is 38.1 Å². The zero-order chi connectivity index (χ0) is 22.3. The van der Waals surface area contributed by atoms with Crippen LogP contribution >= 0.6 is 0 Å². The molecule has 0 fully saturated rings. The Labute approximate surface area is 180 Å². The van der Waals surface area contributed by atoms with Crippen molar-refractivity contribution >= 4 is 23.1 Å². The molecule has 160 valence electrons. The van der Waals surface area contributed by atoms with E-state index in [1.165, 1.54) is 11.0 Å². The Balaban J connectivity index is 1.93. The molecule has 1 heterocycles. The van der Waals surface area contributed by atoms with E-state index in [0.29, 0.717) is 29.9 Å². The normalized spacial score (nSPS) is 20.5. The number of allylic oxidation sites excluding steroid dienone is 2. The molecule has 0 spiro atoms. The zero-order valence-corrected chi connectivity index (χ0v) is 17.8. The average molecular weight is 420 g/mol. The largest absolute Gasteiger partial charge is 0.497 e. The van der Waals surface area contributed by atoms with Crippen LogP contribution in [0.2, 0.25) is 0 Å². The number of methoxy groups -OCH3 is 1. The number of amides is 1. The summed E-state index contributed by atoms with van der Waals surface area (Å²) in [6, 6.07) is 13.6. The number of ether oxygens (including phenoxy) is 1. The summed E-state index contributed by atoms with van der Waals surface area (Å²) in [5, 5.41) is 11.6. The van der Waals surface area contributed by atoms with E-state index in [1.54, 1.807) is 25.3 Å². The van der Waals surface area contributed by atoms with Gasteiger partial charge in [0.25, 0.3) is 5.69 Å². The van der Waals surface area contributed by atoms with Crippen molar-refractivity contribution in [3.63, 3.8) is 0 Å².